The van der Waals surface area contributed by atoms with Crippen molar-refractivity contribution in [1.29, 1.82) is 0 Å². The second kappa shape index (κ2) is 10.9. The van der Waals surface area contributed by atoms with Gasteiger partial charge in [-0.3, -0.25) is 14.3 Å². The molecule has 0 aliphatic carbocycles. The molecule has 3 atom stereocenters. The summed E-state index contributed by atoms with van der Waals surface area (Å²) in [5.74, 6) is -0.627. The lowest BCUT2D eigenvalue weighted by molar-refractivity contribution is -0.139. The summed E-state index contributed by atoms with van der Waals surface area (Å²) in [6.45, 7) is 4.80. The third-order valence-electron chi connectivity index (χ3n) is 7.25. The number of halogens is 4. The Morgan fingerprint density at radius 3 is 2.32 bits per heavy atom. The number of piperazine rings is 1. The van der Waals surface area contributed by atoms with Gasteiger partial charge in [0.1, 0.15) is 10.7 Å². The quantitative estimate of drug-likeness (QED) is 0.418. The van der Waals surface area contributed by atoms with Gasteiger partial charge in [-0.2, -0.15) is 18.2 Å². The molecule has 3 aromatic rings. The van der Waals surface area contributed by atoms with Crippen LogP contribution in [-0.4, -0.2) is 55.7 Å². The fraction of sp³-hybridized carbons (Fsp3) is 0.462. The molecule has 1 aliphatic heterocycles. The van der Waals surface area contributed by atoms with Crippen LogP contribution >= 0.6 is 11.6 Å². The minimum absolute atomic E-state index is 0.160. The van der Waals surface area contributed by atoms with E-state index in [1.54, 1.807) is 19.2 Å². The largest absolute Gasteiger partial charge is 0.481 e. The Morgan fingerprint density at radius 1 is 1.08 bits per heavy atom. The molecule has 0 spiro atoms. The summed E-state index contributed by atoms with van der Waals surface area (Å²) >= 11 is 6.19. The van der Waals surface area contributed by atoms with Crippen LogP contribution in [-0.2, 0) is 18.0 Å². The molecule has 1 N–H and O–H groups in total. The Bertz CT molecular complexity index is 1380. The number of carbonyl (C=O) groups is 1. The first-order chi connectivity index (χ1) is 17.9. The van der Waals surface area contributed by atoms with Crippen LogP contribution in [0.1, 0.15) is 50.3 Å². The van der Waals surface area contributed by atoms with Crippen LogP contribution in [0.25, 0.3) is 11.0 Å². The van der Waals surface area contributed by atoms with Crippen molar-refractivity contribution >= 4 is 34.4 Å². The van der Waals surface area contributed by atoms with Gasteiger partial charge in [-0.05, 0) is 42.7 Å². The molecule has 2 unspecified atom stereocenters. The Kier molecular flexibility index (Phi) is 7.98. The third kappa shape index (κ3) is 5.49. The lowest BCUT2D eigenvalue weighted by atomic mass is 9.94. The van der Waals surface area contributed by atoms with Crippen LogP contribution in [0.4, 0.5) is 19.0 Å². The minimum atomic E-state index is -4.48. The number of benzene rings is 1. The number of nitrogens with zero attached hydrogens (tertiary/aromatic N) is 5. The standard InChI is InChI=1S/C26H29ClF3N5O3/c1-4-17-14-35(24-23-19(10-11-21(27)31-23)33(3)25(38)32-24)18(5-2)13-34(17)20(12-22(36)37)15-6-8-16(9-7-15)26(28,29)30/h6-11,17-18,20H,4-5,12-14H2,1-3H3,(H,36,37)/t17-,18?,20?/m1/s1. The lowest BCUT2D eigenvalue weighted by Gasteiger charge is -2.49. The summed E-state index contributed by atoms with van der Waals surface area (Å²) in [7, 11) is 1.61. The maximum absolute atomic E-state index is 13.1. The van der Waals surface area contributed by atoms with E-state index in [1.165, 1.54) is 16.7 Å². The molecule has 1 saturated heterocycles. The number of pyridine rings is 1. The van der Waals surface area contributed by atoms with Crippen LogP contribution in [0.3, 0.4) is 0 Å². The maximum atomic E-state index is 13.1. The number of aromatic nitrogens is 3. The van der Waals surface area contributed by atoms with E-state index in [2.05, 4.69) is 14.9 Å². The molecule has 0 radical (unpaired) electrons. The van der Waals surface area contributed by atoms with Crippen LogP contribution in [0.2, 0.25) is 5.15 Å². The molecule has 38 heavy (non-hydrogen) atoms. The predicted octanol–water partition coefficient (Wildman–Crippen LogP) is 4.90. The number of fused-ring (bicyclic) bond motifs is 1. The Labute approximate surface area is 222 Å². The summed E-state index contributed by atoms with van der Waals surface area (Å²) < 4.78 is 40.8. The molecule has 0 amide bonds. The van der Waals surface area contributed by atoms with Crippen molar-refractivity contribution in [2.45, 2.75) is 57.4 Å². The molecular formula is C26H29ClF3N5O3. The van der Waals surface area contributed by atoms with Gasteiger partial charge in [-0.1, -0.05) is 37.6 Å². The van der Waals surface area contributed by atoms with Gasteiger partial charge in [0.25, 0.3) is 0 Å². The summed E-state index contributed by atoms with van der Waals surface area (Å²) in [6, 6.07) is 7.08. The Balaban J connectivity index is 1.75. The number of aryl methyl sites for hydroxylation is 1. The normalized spacial score (nSPS) is 19.6. The summed E-state index contributed by atoms with van der Waals surface area (Å²) in [4.78, 5) is 37.4. The minimum Gasteiger partial charge on any atom is -0.481 e. The van der Waals surface area contributed by atoms with Gasteiger partial charge in [0.15, 0.2) is 5.82 Å². The van der Waals surface area contributed by atoms with Crippen LogP contribution in [0.15, 0.2) is 41.2 Å². The Hall–Kier alpha value is -3.18. The highest BCUT2D eigenvalue weighted by molar-refractivity contribution is 6.29. The van der Waals surface area contributed by atoms with E-state index >= 15 is 0 Å². The zero-order chi connectivity index (χ0) is 27.8. The fourth-order valence-corrected chi connectivity index (χ4v) is 5.34. The molecule has 3 heterocycles. The van der Waals surface area contributed by atoms with Crippen molar-refractivity contribution in [1.82, 2.24) is 19.4 Å². The first kappa shape index (κ1) is 27.8. The van der Waals surface area contributed by atoms with Crippen molar-refractivity contribution in [2.75, 3.05) is 18.0 Å². The SMILES string of the molecule is CCC1CN(C(CC(=O)O)c2ccc(C(F)(F)F)cc2)[C@H](CC)CN1c1nc(=O)n(C)c2ccc(Cl)nc12. The van der Waals surface area contributed by atoms with Gasteiger partial charge in [-0.15, -0.1) is 0 Å². The van der Waals surface area contributed by atoms with E-state index in [9.17, 15) is 27.9 Å². The molecule has 1 fully saturated rings. The van der Waals surface area contributed by atoms with E-state index in [0.717, 1.165) is 12.1 Å². The molecule has 4 rings (SSSR count). The second-order valence-electron chi connectivity index (χ2n) is 9.49. The first-order valence-corrected chi connectivity index (χ1v) is 12.8. The zero-order valence-corrected chi connectivity index (χ0v) is 22.0. The monoisotopic (exact) mass is 551 g/mol. The van der Waals surface area contributed by atoms with Crippen molar-refractivity contribution in [3.63, 3.8) is 0 Å². The summed E-state index contributed by atoms with van der Waals surface area (Å²) in [6.07, 6.45) is -3.45. The smallest absolute Gasteiger partial charge is 0.416 e. The van der Waals surface area contributed by atoms with Crippen molar-refractivity contribution in [2.24, 2.45) is 7.05 Å². The van der Waals surface area contributed by atoms with Gasteiger partial charge in [0.2, 0.25) is 0 Å². The van der Waals surface area contributed by atoms with Crippen LogP contribution < -0.4 is 10.6 Å². The average molecular weight is 552 g/mol. The average Bonchev–Trinajstić information content (AvgIpc) is 2.88. The molecule has 0 bridgehead atoms. The molecule has 2 aromatic heterocycles. The first-order valence-electron chi connectivity index (χ1n) is 12.4. The van der Waals surface area contributed by atoms with E-state index in [-0.39, 0.29) is 23.7 Å². The predicted molar refractivity (Wildman–Crippen MR) is 138 cm³/mol. The number of aliphatic carboxylic acids is 1. The Morgan fingerprint density at radius 2 is 1.74 bits per heavy atom. The van der Waals surface area contributed by atoms with Crippen molar-refractivity contribution < 1.29 is 23.1 Å². The molecule has 12 heteroatoms. The molecule has 1 aromatic carbocycles. The van der Waals surface area contributed by atoms with Gasteiger partial charge >= 0.3 is 17.8 Å². The topological polar surface area (TPSA) is 91.6 Å². The zero-order valence-electron chi connectivity index (χ0n) is 21.2. The van der Waals surface area contributed by atoms with E-state index in [1.807, 2.05) is 18.7 Å². The number of carboxylic acids is 1. The van der Waals surface area contributed by atoms with Crippen LogP contribution in [0, 0.1) is 0 Å². The molecule has 0 saturated carbocycles. The summed E-state index contributed by atoms with van der Waals surface area (Å²) in [5.41, 5.74) is 0.367. The van der Waals surface area contributed by atoms with Crippen molar-refractivity contribution in [3.05, 3.63) is 63.2 Å². The summed E-state index contributed by atoms with van der Waals surface area (Å²) in [5, 5.41) is 9.95. The lowest BCUT2D eigenvalue weighted by Crippen LogP contribution is -2.59. The third-order valence-corrected chi connectivity index (χ3v) is 7.46. The maximum Gasteiger partial charge on any atom is 0.416 e. The highest BCUT2D eigenvalue weighted by atomic mass is 35.5. The van der Waals surface area contributed by atoms with E-state index in [4.69, 9.17) is 11.6 Å². The highest BCUT2D eigenvalue weighted by Gasteiger charge is 2.39. The second-order valence-corrected chi connectivity index (χ2v) is 9.87. The van der Waals surface area contributed by atoms with Gasteiger partial charge in [0.05, 0.1) is 17.5 Å². The number of hydrogen-bond acceptors (Lipinski definition) is 6. The van der Waals surface area contributed by atoms with Crippen molar-refractivity contribution in [3.8, 4) is 0 Å². The number of alkyl halides is 3. The van der Waals surface area contributed by atoms with Gasteiger partial charge < -0.3 is 10.0 Å². The fourth-order valence-electron chi connectivity index (χ4n) is 5.20. The molecular weight excluding hydrogens is 523 g/mol. The van der Waals surface area contributed by atoms with Gasteiger partial charge in [0, 0.05) is 38.3 Å². The van der Waals surface area contributed by atoms with Gasteiger partial charge in [-0.25, -0.2) is 9.78 Å². The highest BCUT2D eigenvalue weighted by Crippen LogP contribution is 2.36. The van der Waals surface area contributed by atoms with E-state index in [0.29, 0.717) is 48.3 Å². The number of anilines is 1. The van der Waals surface area contributed by atoms with Crippen LogP contribution in [0.5, 0.6) is 0 Å². The number of carboxylic acid groups (broad SMARTS) is 1. The number of rotatable bonds is 7. The van der Waals surface area contributed by atoms with E-state index < -0.39 is 29.4 Å². The molecule has 204 valence electrons. The number of hydrogen-bond donors (Lipinski definition) is 1. The molecule has 8 nitrogen and oxygen atoms in total. The molecule has 1 aliphatic rings.